The Hall–Kier alpha value is -0.280. The van der Waals surface area contributed by atoms with Gasteiger partial charge in [-0.25, -0.2) is 0 Å². The van der Waals surface area contributed by atoms with Crippen LogP contribution >= 0.6 is 58.2 Å². The minimum absolute atomic E-state index is 0.0221. The van der Waals surface area contributed by atoms with E-state index in [1.54, 1.807) is 24.3 Å². The Morgan fingerprint density at radius 2 is 1.97 bits per heavy atom. The normalized spacial score (nSPS) is 20.2. The lowest BCUT2D eigenvalue weighted by Crippen LogP contribution is -2.77. The summed E-state index contributed by atoms with van der Waals surface area (Å²) in [7, 11) is 3.08. The van der Waals surface area contributed by atoms with Gasteiger partial charge < -0.3 is 28.0 Å². The molecule has 0 radical (unpaired) electrons. The number of carbonyl (C=O) groups is 1. The molecule has 2 aromatic rings. The Balaban J connectivity index is 1.77. The van der Waals surface area contributed by atoms with Gasteiger partial charge in [-0.3, -0.25) is 9.78 Å². The van der Waals surface area contributed by atoms with Crippen molar-refractivity contribution in [2.24, 2.45) is 0 Å². The summed E-state index contributed by atoms with van der Waals surface area (Å²) in [6.45, 7) is 0.885. The monoisotopic (exact) mass is 718 g/mol. The Bertz CT molecular complexity index is 900. The minimum Gasteiger partial charge on any atom is -0.489 e. The molecule has 1 amide bonds. The van der Waals surface area contributed by atoms with E-state index in [1.807, 2.05) is 36.4 Å². The van der Waals surface area contributed by atoms with E-state index >= 15 is 0 Å². The van der Waals surface area contributed by atoms with Crippen LogP contribution in [0.4, 0.5) is 0 Å². The number of rotatable bonds is 14. The third-order valence-electron chi connectivity index (χ3n) is 5.05. The first-order valence-corrected chi connectivity index (χ1v) is 18.2. The Morgan fingerprint density at radius 3 is 2.67 bits per heavy atom. The predicted octanol–water partition coefficient (Wildman–Crippen LogP) is 5.14. The summed E-state index contributed by atoms with van der Waals surface area (Å²) in [6.07, 6.45) is 1.94. The number of ether oxygens (including phenoxy) is 4. The number of halogens is 2. The summed E-state index contributed by atoms with van der Waals surface area (Å²) in [5, 5.41) is 0. The largest absolute Gasteiger partial charge is 0.489 e. The van der Waals surface area contributed by atoms with E-state index < -0.39 is 5.60 Å². The zero-order chi connectivity index (χ0) is 23.7. The Kier molecular flexibility index (Phi) is 11.3. The number of hydrogen-bond donors (Lipinski definition) is 0. The van der Waals surface area contributed by atoms with Gasteiger partial charge in [0.15, 0.2) is 5.60 Å². The smallest absolute Gasteiger partial charge is 0.259 e. The first kappa shape index (κ1) is 27.3. The third-order valence-corrected chi connectivity index (χ3v) is 8.96. The van der Waals surface area contributed by atoms with Crippen LogP contribution in [0.1, 0.15) is 11.3 Å². The van der Waals surface area contributed by atoms with E-state index in [0.29, 0.717) is 24.7 Å². The average molecular weight is 718 g/mol. The highest BCUT2D eigenvalue weighted by atomic mass is 127. The fourth-order valence-corrected chi connectivity index (χ4v) is 6.32. The molecule has 3 rings (SSSR count). The lowest BCUT2D eigenvalue weighted by molar-refractivity contribution is -0.236. The quantitative estimate of drug-likeness (QED) is 0.0875. The molecule has 1 saturated heterocycles. The lowest BCUT2D eigenvalue weighted by Gasteiger charge is -2.54. The zero-order valence-electron chi connectivity index (χ0n) is 18.2. The van der Waals surface area contributed by atoms with Crippen LogP contribution < -0.4 is 4.74 Å². The molecule has 2 atom stereocenters. The molecule has 0 aliphatic carbocycles. The topological polar surface area (TPSA) is 79.4 Å². The number of hydrogen-bond acceptors (Lipinski definition) is 8. The molecule has 2 heterocycles. The molecule has 1 aromatic heterocycles. The van der Waals surface area contributed by atoms with Gasteiger partial charge in [-0.05, 0) is 55.7 Å². The van der Waals surface area contributed by atoms with Crippen molar-refractivity contribution in [1.29, 1.82) is 0 Å². The second-order valence-electron chi connectivity index (χ2n) is 7.14. The molecule has 33 heavy (non-hydrogen) atoms. The number of likely N-dealkylation sites (tertiary alicyclic amines) is 1. The molecule has 0 spiro atoms. The molecular weight excluding hydrogens is 693 g/mol. The number of aromatic nitrogens is 1. The maximum Gasteiger partial charge on any atom is 0.259 e. The first-order valence-electron chi connectivity index (χ1n) is 9.96. The van der Waals surface area contributed by atoms with E-state index in [4.69, 9.17) is 23.1 Å². The minimum atomic E-state index is -1.15. The van der Waals surface area contributed by atoms with Gasteiger partial charge in [0.2, 0.25) is 0 Å². The van der Waals surface area contributed by atoms with Crippen LogP contribution in [0.3, 0.4) is 0 Å². The van der Waals surface area contributed by atoms with Gasteiger partial charge in [0.05, 0.1) is 12.6 Å². The third kappa shape index (κ3) is 7.35. The summed E-state index contributed by atoms with van der Waals surface area (Å²) >= 11 is 6.04. The van der Waals surface area contributed by atoms with Crippen LogP contribution in [0, 0.1) is 0 Å². The second-order valence-corrected chi connectivity index (χ2v) is 24.7. The molecule has 1 aliphatic rings. The number of carbonyl (C=O) groups excluding carboxylic acids is 1. The number of methoxy groups -OCH3 is 2. The zero-order valence-corrected chi connectivity index (χ0v) is 24.2. The van der Waals surface area contributed by atoms with Gasteiger partial charge in [0.25, 0.3) is 5.91 Å². The van der Waals surface area contributed by atoms with Crippen molar-refractivity contribution in [3.8, 4) is 5.75 Å². The van der Waals surface area contributed by atoms with Crippen LogP contribution in [-0.4, -0.2) is 61.8 Å². The van der Waals surface area contributed by atoms with Crippen LogP contribution in [-0.2, 0) is 36.2 Å². The van der Waals surface area contributed by atoms with E-state index in [9.17, 15) is 4.79 Å². The van der Waals surface area contributed by atoms with Crippen molar-refractivity contribution in [2.75, 3.05) is 34.4 Å². The first-order chi connectivity index (χ1) is 16.0. The molecule has 1 fully saturated rings. The van der Waals surface area contributed by atoms with Crippen molar-refractivity contribution in [3.05, 3.63) is 59.9 Å². The molecule has 0 bridgehead atoms. The maximum absolute atomic E-state index is 13.2. The highest BCUT2D eigenvalue weighted by Crippen LogP contribution is 2.65. The number of benzene rings is 1. The summed E-state index contributed by atoms with van der Waals surface area (Å²) in [6, 6.07) is 13.2. The lowest BCUT2D eigenvalue weighted by atomic mass is 9.79. The average Bonchev–Trinajstić information content (AvgIpc) is 2.83. The Morgan fingerprint density at radius 1 is 1.18 bits per heavy atom. The van der Waals surface area contributed by atoms with Crippen molar-refractivity contribution < 1.29 is 27.9 Å². The van der Waals surface area contributed by atoms with Gasteiger partial charge in [-0.1, -0.05) is 30.3 Å². The molecular formula is C21H25I2N2O6PS. The molecule has 8 nitrogen and oxygen atoms in total. The van der Waals surface area contributed by atoms with Gasteiger partial charge in [0, 0.05) is 50.3 Å². The number of amides is 1. The van der Waals surface area contributed by atoms with Gasteiger partial charge in [-0.2, -0.15) is 0 Å². The maximum atomic E-state index is 13.2. The number of pyridine rings is 1. The van der Waals surface area contributed by atoms with Crippen LogP contribution in [0.5, 0.6) is 5.75 Å². The number of nitrogens with zero attached hydrogens (tertiary/aromatic N) is 2. The van der Waals surface area contributed by atoms with Crippen LogP contribution in [0.15, 0.2) is 48.7 Å². The van der Waals surface area contributed by atoms with Gasteiger partial charge in [-0.15, -0.1) is 0 Å². The second kappa shape index (κ2) is 13.7. The van der Waals surface area contributed by atoms with E-state index in [2.05, 4.69) is 49.1 Å². The van der Waals surface area contributed by atoms with Crippen LogP contribution in [0.25, 0.3) is 0 Å². The van der Waals surface area contributed by atoms with Crippen LogP contribution in [0.2, 0.25) is 0 Å². The molecule has 0 saturated carbocycles. The summed E-state index contributed by atoms with van der Waals surface area (Å²) in [5.41, 5.74) is 0.601. The highest BCUT2D eigenvalue weighted by molar-refractivity contribution is 14.3. The molecule has 0 N–H and O–H groups in total. The van der Waals surface area contributed by atoms with Crippen molar-refractivity contribution in [1.82, 2.24) is 9.88 Å². The summed E-state index contributed by atoms with van der Waals surface area (Å²) < 4.78 is 27.8. The molecule has 0 unspecified atom stereocenters. The summed E-state index contributed by atoms with van der Waals surface area (Å²) in [5.74, 6) is 0.499. The highest BCUT2D eigenvalue weighted by Gasteiger charge is 2.62. The van der Waals surface area contributed by atoms with Crippen molar-refractivity contribution in [2.45, 2.75) is 24.7 Å². The van der Waals surface area contributed by atoms with E-state index in [0.717, 1.165) is 5.56 Å². The molecule has 1 aromatic carbocycles. The van der Waals surface area contributed by atoms with Gasteiger partial charge >= 0.3 is 0 Å². The molecule has 12 heteroatoms. The van der Waals surface area contributed by atoms with Crippen molar-refractivity contribution in [3.63, 3.8) is 0 Å². The standard InChI is InChI=1S/C21H25I2N2O6PS/c1-27-14-25-19(13-31-33-32(22)23)21(20(25)26,30-15-28-2)11-17-10-18(8-9-24-17)29-12-16-6-4-3-5-7-16/h3-10,19H,11-15H2,1-2H3/t19-,21+/m0/s1. The van der Waals surface area contributed by atoms with E-state index in [1.165, 1.54) is 18.8 Å². The fourth-order valence-electron chi connectivity index (χ4n) is 3.58. The summed E-state index contributed by atoms with van der Waals surface area (Å²) in [4.78, 5) is 19.3. The van der Waals surface area contributed by atoms with E-state index in [-0.39, 0.29) is 34.3 Å². The fraction of sp³-hybridized carbons (Fsp3) is 0.429. The van der Waals surface area contributed by atoms with Gasteiger partial charge in [0.1, 0.15) is 28.3 Å². The Labute approximate surface area is 225 Å². The molecule has 180 valence electrons. The van der Waals surface area contributed by atoms with Crippen molar-refractivity contribution >= 4 is 64.1 Å². The number of β-lactam (4-membered cyclic amide) rings is 1. The SMILES string of the molecule is COCO[C@@]1(Cc2cc(OCc3ccccc3)ccn2)C(=O)N(COC)[C@H]1COSP(I)I. The molecule has 1 aliphatic heterocycles. The predicted molar refractivity (Wildman–Crippen MR) is 145 cm³/mol.